The quantitative estimate of drug-likeness (QED) is 0.657. The first-order valence-electron chi connectivity index (χ1n) is 10.4. The second-order valence-corrected chi connectivity index (χ2v) is 7.79. The highest BCUT2D eigenvalue weighted by atomic mass is 19.1. The van der Waals surface area contributed by atoms with Gasteiger partial charge >= 0.3 is 0 Å². The molecular weight excluding hydrogens is 381 g/mol. The molecule has 4 nitrogen and oxygen atoms in total. The third-order valence-corrected chi connectivity index (χ3v) is 5.75. The van der Waals surface area contributed by atoms with Crippen molar-refractivity contribution in [3.63, 3.8) is 0 Å². The predicted octanol–water partition coefficient (Wildman–Crippen LogP) is 4.81. The first-order chi connectivity index (χ1) is 14.6. The molecule has 2 heterocycles. The molecule has 0 amide bonds. The Hall–Kier alpha value is -2.63. The SMILES string of the molecule is COc1ccc(CC2C=C(C)C=CN2CCC2(c3ccc(F)cc3)OCCO2)cc1. The van der Waals surface area contributed by atoms with Gasteiger partial charge in [0.1, 0.15) is 11.6 Å². The molecule has 1 unspecified atom stereocenters. The van der Waals surface area contributed by atoms with E-state index in [0.717, 1.165) is 24.3 Å². The number of halogens is 1. The zero-order valence-electron chi connectivity index (χ0n) is 17.5. The van der Waals surface area contributed by atoms with Crippen LogP contribution < -0.4 is 4.74 Å². The molecule has 2 aromatic rings. The van der Waals surface area contributed by atoms with Crippen molar-refractivity contribution < 1.29 is 18.6 Å². The average molecular weight is 410 g/mol. The smallest absolute Gasteiger partial charge is 0.196 e. The molecule has 0 bridgehead atoms. The molecule has 1 fully saturated rings. The van der Waals surface area contributed by atoms with Crippen LogP contribution >= 0.6 is 0 Å². The first-order valence-corrected chi connectivity index (χ1v) is 10.4. The van der Waals surface area contributed by atoms with Crippen LogP contribution in [0.4, 0.5) is 4.39 Å². The van der Waals surface area contributed by atoms with Crippen LogP contribution in [0.25, 0.3) is 0 Å². The Kier molecular flexibility index (Phi) is 6.21. The summed E-state index contributed by atoms with van der Waals surface area (Å²) in [4.78, 5) is 2.33. The number of rotatable bonds is 7. The van der Waals surface area contributed by atoms with Crippen molar-refractivity contribution in [1.29, 1.82) is 0 Å². The first kappa shape index (κ1) is 20.6. The van der Waals surface area contributed by atoms with Crippen LogP contribution in [-0.4, -0.2) is 37.8 Å². The summed E-state index contributed by atoms with van der Waals surface area (Å²) in [6, 6.07) is 14.9. The minimum absolute atomic E-state index is 0.245. The summed E-state index contributed by atoms with van der Waals surface area (Å²) in [5.41, 5.74) is 3.37. The van der Waals surface area contributed by atoms with Crippen molar-refractivity contribution in [2.45, 2.75) is 31.6 Å². The standard InChI is InChI=1S/C25H28FNO3/c1-19-11-13-27(23(17-19)18-20-3-9-24(28-2)10-4-20)14-12-25(29-15-16-30-25)21-5-7-22(26)8-6-21/h3-11,13,17,23H,12,14-16,18H2,1-2H3. The van der Waals surface area contributed by atoms with Crippen molar-refractivity contribution in [3.8, 4) is 5.75 Å². The van der Waals surface area contributed by atoms with Gasteiger partial charge in [0.05, 0.1) is 26.4 Å². The molecular formula is C25H28FNO3. The Balaban J connectivity index is 1.48. The van der Waals surface area contributed by atoms with Gasteiger partial charge in [-0.05, 0) is 55.4 Å². The van der Waals surface area contributed by atoms with Gasteiger partial charge in [-0.25, -0.2) is 4.39 Å². The number of hydrogen-bond acceptors (Lipinski definition) is 4. The van der Waals surface area contributed by atoms with E-state index in [4.69, 9.17) is 14.2 Å². The van der Waals surface area contributed by atoms with Crippen molar-refractivity contribution in [2.75, 3.05) is 26.9 Å². The molecule has 0 aliphatic carbocycles. The highest BCUT2D eigenvalue weighted by Gasteiger charge is 2.39. The van der Waals surface area contributed by atoms with Gasteiger partial charge in [0.25, 0.3) is 0 Å². The van der Waals surface area contributed by atoms with E-state index < -0.39 is 5.79 Å². The number of hydrogen-bond donors (Lipinski definition) is 0. The van der Waals surface area contributed by atoms with E-state index in [1.54, 1.807) is 19.2 Å². The lowest BCUT2D eigenvalue weighted by atomic mass is 9.98. The van der Waals surface area contributed by atoms with Crippen LogP contribution in [0.1, 0.15) is 24.5 Å². The lowest BCUT2D eigenvalue weighted by Gasteiger charge is -2.35. The fraction of sp³-hybridized carbons (Fsp3) is 0.360. The Morgan fingerprint density at radius 2 is 1.77 bits per heavy atom. The van der Waals surface area contributed by atoms with Gasteiger partial charge in [-0.15, -0.1) is 0 Å². The van der Waals surface area contributed by atoms with E-state index in [-0.39, 0.29) is 11.9 Å². The van der Waals surface area contributed by atoms with E-state index in [1.807, 2.05) is 12.1 Å². The summed E-state index contributed by atoms with van der Waals surface area (Å²) in [6.07, 6.45) is 8.14. The van der Waals surface area contributed by atoms with Gasteiger partial charge in [0.15, 0.2) is 5.79 Å². The van der Waals surface area contributed by atoms with Gasteiger partial charge in [0, 0.05) is 18.5 Å². The van der Waals surface area contributed by atoms with Crippen molar-refractivity contribution in [1.82, 2.24) is 4.90 Å². The van der Waals surface area contributed by atoms with Gasteiger partial charge in [-0.3, -0.25) is 0 Å². The van der Waals surface area contributed by atoms with Gasteiger partial charge in [0.2, 0.25) is 0 Å². The van der Waals surface area contributed by atoms with Crippen LogP contribution in [0, 0.1) is 5.82 Å². The predicted molar refractivity (Wildman–Crippen MR) is 115 cm³/mol. The molecule has 2 aliphatic heterocycles. The van der Waals surface area contributed by atoms with Gasteiger partial charge in [-0.2, -0.15) is 0 Å². The maximum absolute atomic E-state index is 13.4. The zero-order valence-corrected chi connectivity index (χ0v) is 17.5. The molecule has 0 aromatic heterocycles. The molecule has 0 N–H and O–H groups in total. The average Bonchev–Trinajstić information content (AvgIpc) is 3.24. The highest BCUT2D eigenvalue weighted by Crippen LogP contribution is 2.36. The topological polar surface area (TPSA) is 30.9 Å². The summed E-state index contributed by atoms with van der Waals surface area (Å²) in [7, 11) is 1.68. The molecule has 5 heteroatoms. The summed E-state index contributed by atoms with van der Waals surface area (Å²) >= 11 is 0. The second-order valence-electron chi connectivity index (χ2n) is 7.79. The van der Waals surface area contributed by atoms with Gasteiger partial charge < -0.3 is 19.1 Å². The van der Waals surface area contributed by atoms with E-state index in [9.17, 15) is 4.39 Å². The van der Waals surface area contributed by atoms with E-state index in [0.29, 0.717) is 19.6 Å². The van der Waals surface area contributed by atoms with Crippen molar-refractivity contribution in [2.24, 2.45) is 0 Å². The number of nitrogens with zero attached hydrogens (tertiary/aromatic N) is 1. The molecule has 1 saturated heterocycles. The molecule has 1 atom stereocenters. The Labute approximate surface area is 177 Å². The lowest BCUT2D eigenvalue weighted by molar-refractivity contribution is -0.172. The molecule has 4 rings (SSSR count). The molecule has 0 spiro atoms. The van der Waals surface area contributed by atoms with Crippen LogP contribution in [0.15, 0.2) is 72.5 Å². The third-order valence-electron chi connectivity index (χ3n) is 5.75. The summed E-state index contributed by atoms with van der Waals surface area (Å²) in [5, 5.41) is 0. The largest absolute Gasteiger partial charge is 0.497 e. The van der Waals surface area contributed by atoms with Crippen LogP contribution in [-0.2, 0) is 21.7 Å². The maximum Gasteiger partial charge on any atom is 0.196 e. The minimum Gasteiger partial charge on any atom is -0.497 e. The molecule has 30 heavy (non-hydrogen) atoms. The van der Waals surface area contributed by atoms with E-state index in [2.05, 4.69) is 42.3 Å². The number of methoxy groups -OCH3 is 1. The normalized spacial score (nSPS) is 20.3. The second kappa shape index (κ2) is 9.02. The van der Waals surface area contributed by atoms with Crippen molar-refractivity contribution >= 4 is 0 Å². The Morgan fingerprint density at radius 3 is 2.43 bits per heavy atom. The summed E-state index contributed by atoms with van der Waals surface area (Å²) < 4.78 is 30.7. The molecule has 0 radical (unpaired) electrons. The van der Waals surface area contributed by atoms with Crippen LogP contribution in [0.5, 0.6) is 5.75 Å². The zero-order chi connectivity index (χ0) is 21.0. The molecule has 2 aromatic carbocycles. The molecule has 158 valence electrons. The van der Waals surface area contributed by atoms with Crippen LogP contribution in [0.2, 0.25) is 0 Å². The number of ether oxygens (including phenoxy) is 3. The molecule has 0 saturated carbocycles. The molecule has 2 aliphatic rings. The Morgan fingerprint density at radius 1 is 1.07 bits per heavy atom. The van der Waals surface area contributed by atoms with Crippen molar-refractivity contribution in [3.05, 3.63) is 89.4 Å². The Bertz CT molecular complexity index is 899. The maximum atomic E-state index is 13.4. The minimum atomic E-state index is -0.817. The summed E-state index contributed by atoms with van der Waals surface area (Å²) in [6.45, 7) is 3.97. The fourth-order valence-corrected chi connectivity index (χ4v) is 4.09. The highest BCUT2D eigenvalue weighted by molar-refractivity contribution is 5.30. The summed E-state index contributed by atoms with van der Waals surface area (Å²) in [5.74, 6) is -0.212. The number of allylic oxidation sites excluding steroid dienone is 2. The third kappa shape index (κ3) is 4.58. The van der Waals surface area contributed by atoms with E-state index >= 15 is 0 Å². The number of benzene rings is 2. The lowest BCUT2D eigenvalue weighted by Crippen LogP contribution is -2.38. The van der Waals surface area contributed by atoms with Crippen LogP contribution in [0.3, 0.4) is 0 Å². The fourth-order valence-electron chi connectivity index (χ4n) is 4.09. The van der Waals surface area contributed by atoms with E-state index in [1.165, 1.54) is 23.3 Å². The monoisotopic (exact) mass is 409 g/mol. The van der Waals surface area contributed by atoms with Gasteiger partial charge in [-0.1, -0.05) is 35.9 Å².